The van der Waals surface area contributed by atoms with Crippen molar-refractivity contribution >= 4 is 5.91 Å². The number of nitrogens with zero attached hydrogens (tertiary/aromatic N) is 1. The summed E-state index contributed by atoms with van der Waals surface area (Å²) in [6.45, 7) is 11.5. The van der Waals surface area contributed by atoms with E-state index in [1.807, 2.05) is 6.92 Å². The number of nitrogens with one attached hydrogen (secondary N) is 1. The van der Waals surface area contributed by atoms with Crippen LogP contribution in [0.1, 0.15) is 40.5 Å². The van der Waals surface area contributed by atoms with Crippen LogP contribution in [0.2, 0.25) is 0 Å². The number of piperidine rings is 1. The van der Waals surface area contributed by atoms with E-state index in [1.165, 1.54) is 0 Å². The van der Waals surface area contributed by atoms with Gasteiger partial charge in [-0.15, -0.1) is 0 Å². The first-order chi connectivity index (χ1) is 7.93. The zero-order valence-corrected chi connectivity index (χ0v) is 11.6. The van der Waals surface area contributed by atoms with Gasteiger partial charge in [0.1, 0.15) is 6.61 Å². The summed E-state index contributed by atoms with van der Waals surface area (Å²) in [5, 5.41) is 3.04. The lowest BCUT2D eigenvalue weighted by Crippen LogP contribution is -2.51. The Bertz CT molecular complexity index is 240. The van der Waals surface area contributed by atoms with Crippen molar-refractivity contribution in [2.45, 2.75) is 52.1 Å². The monoisotopic (exact) mass is 242 g/mol. The molecule has 4 heteroatoms. The summed E-state index contributed by atoms with van der Waals surface area (Å²) in [6, 6.07) is 0.321. The van der Waals surface area contributed by atoms with Gasteiger partial charge < -0.3 is 10.1 Å². The molecule has 1 aliphatic rings. The Kier molecular flexibility index (Phi) is 5.40. The first-order valence-corrected chi connectivity index (χ1v) is 6.55. The maximum absolute atomic E-state index is 11.5. The highest BCUT2D eigenvalue weighted by Gasteiger charge is 2.27. The summed E-state index contributed by atoms with van der Waals surface area (Å²) in [5.41, 5.74) is 0.236. The zero-order chi connectivity index (χ0) is 12.9. The lowest BCUT2D eigenvalue weighted by atomic mass is 9.98. The van der Waals surface area contributed by atoms with Crippen molar-refractivity contribution in [2.24, 2.45) is 0 Å². The Labute approximate surface area is 105 Å². The van der Waals surface area contributed by atoms with Crippen LogP contribution in [0.25, 0.3) is 0 Å². The maximum atomic E-state index is 11.5. The van der Waals surface area contributed by atoms with Gasteiger partial charge in [-0.2, -0.15) is 0 Å². The molecule has 0 aliphatic carbocycles. The highest BCUT2D eigenvalue weighted by Crippen LogP contribution is 2.19. The fourth-order valence-electron chi connectivity index (χ4n) is 2.16. The van der Waals surface area contributed by atoms with Crippen LogP contribution < -0.4 is 5.32 Å². The summed E-state index contributed by atoms with van der Waals surface area (Å²) >= 11 is 0. The standard InChI is InChI=1S/C13H26N2O2/c1-5-17-10-12(16)14-11-6-8-15(9-7-11)13(2,3)4/h11H,5-10H2,1-4H3,(H,14,16). The number of hydrogen-bond donors (Lipinski definition) is 1. The molecular formula is C13H26N2O2. The predicted octanol–water partition coefficient (Wildman–Crippen LogP) is 1.40. The van der Waals surface area contributed by atoms with E-state index in [9.17, 15) is 4.79 Å². The van der Waals surface area contributed by atoms with E-state index in [1.54, 1.807) is 0 Å². The van der Waals surface area contributed by atoms with Gasteiger partial charge in [-0.25, -0.2) is 0 Å². The van der Waals surface area contributed by atoms with Gasteiger partial charge in [0.25, 0.3) is 0 Å². The second-order valence-corrected chi connectivity index (χ2v) is 5.64. The first-order valence-electron chi connectivity index (χ1n) is 6.55. The molecule has 1 fully saturated rings. The zero-order valence-electron chi connectivity index (χ0n) is 11.6. The predicted molar refractivity (Wildman–Crippen MR) is 69.0 cm³/mol. The molecule has 0 spiro atoms. The Morgan fingerprint density at radius 2 is 1.94 bits per heavy atom. The molecule has 0 aromatic rings. The molecule has 1 heterocycles. The molecule has 1 N–H and O–H groups in total. The average molecular weight is 242 g/mol. The van der Waals surface area contributed by atoms with E-state index in [0.29, 0.717) is 12.6 Å². The van der Waals surface area contributed by atoms with Gasteiger partial charge in [-0.1, -0.05) is 0 Å². The van der Waals surface area contributed by atoms with Gasteiger partial charge in [0.05, 0.1) is 0 Å². The van der Waals surface area contributed by atoms with Gasteiger partial charge >= 0.3 is 0 Å². The average Bonchev–Trinajstić information content (AvgIpc) is 2.26. The Morgan fingerprint density at radius 1 is 1.35 bits per heavy atom. The summed E-state index contributed by atoms with van der Waals surface area (Å²) in [4.78, 5) is 14.0. The van der Waals surface area contributed by atoms with E-state index in [2.05, 4.69) is 31.0 Å². The van der Waals surface area contributed by atoms with Crippen LogP contribution in [0.15, 0.2) is 0 Å². The van der Waals surface area contributed by atoms with Gasteiger partial charge in [0.2, 0.25) is 5.91 Å². The molecule has 0 aromatic carbocycles. The van der Waals surface area contributed by atoms with Crippen LogP contribution in [0.5, 0.6) is 0 Å². The van der Waals surface area contributed by atoms with Gasteiger partial charge in [0, 0.05) is 31.3 Å². The van der Waals surface area contributed by atoms with Gasteiger partial charge in [-0.05, 0) is 40.5 Å². The molecule has 0 aromatic heterocycles. The minimum atomic E-state index is 0.0149. The molecular weight excluding hydrogens is 216 g/mol. The van der Waals surface area contributed by atoms with Crippen LogP contribution in [-0.2, 0) is 9.53 Å². The number of carbonyl (C=O) groups is 1. The number of ether oxygens (including phenoxy) is 1. The minimum Gasteiger partial charge on any atom is -0.372 e. The topological polar surface area (TPSA) is 41.6 Å². The Morgan fingerprint density at radius 3 is 2.41 bits per heavy atom. The van der Waals surface area contributed by atoms with E-state index >= 15 is 0 Å². The number of amides is 1. The van der Waals surface area contributed by atoms with Crippen LogP contribution in [-0.4, -0.2) is 48.7 Å². The summed E-state index contributed by atoms with van der Waals surface area (Å²) in [5.74, 6) is 0.0149. The van der Waals surface area contributed by atoms with Crippen LogP contribution >= 0.6 is 0 Å². The minimum absolute atomic E-state index is 0.0149. The van der Waals surface area contributed by atoms with Crippen molar-refractivity contribution in [3.05, 3.63) is 0 Å². The third-order valence-corrected chi connectivity index (χ3v) is 3.25. The number of likely N-dealkylation sites (tertiary alicyclic amines) is 1. The molecule has 0 atom stereocenters. The fraction of sp³-hybridized carbons (Fsp3) is 0.923. The van der Waals surface area contributed by atoms with Crippen molar-refractivity contribution < 1.29 is 9.53 Å². The number of rotatable bonds is 4. The number of hydrogen-bond acceptors (Lipinski definition) is 3. The molecule has 0 radical (unpaired) electrons. The Balaban J connectivity index is 2.25. The second kappa shape index (κ2) is 6.36. The fourth-order valence-corrected chi connectivity index (χ4v) is 2.16. The van der Waals surface area contributed by atoms with Crippen molar-refractivity contribution in [1.29, 1.82) is 0 Å². The summed E-state index contributed by atoms with van der Waals surface area (Å²) < 4.78 is 5.09. The summed E-state index contributed by atoms with van der Waals surface area (Å²) in [6.07, 6.45) is 2.07. The van der Waals surface area contributed by atoms with Crippen LogP contribution in [0.4, 0.5) is 0 Å². The second-order valence-electron chi connectivity index (χ2n) is 5.64. The van der Waals surface area contributed by atoms with Gasteiger partial charge in [0.15, 0.2) is 0 Å². The molecule has 0 unspecified atom stereocenters. The van der Waals surface area contributed by atoms with Crippen molar-refractivity contribution in [2.75, 3.05) is 26.3 Å². The molecule has 17 heavy (non-hydrogen) atoms. The molecule has 1 aliphatic heterocycles. The normalized spacial score (nSPS) is 19.3. The van der Waals surface area contributed by atoms with E-state index < -0.39 is 0 Å². The Hall–Kier alpha value is -0.610. The van der Waals surface area contributed by atoms with Crippen LogP contribution in [0, 0.1) is 0 Å². The largest absolute Gasteiger partial charge is 0.372 e. The van der Waals surface area contributed by atoms with Crippen molar-refractivity contribution in [3.63, 3.8) is 0 Å². The summed E-state index contributed by atoms with van der Waals surface area (Å²) in [7, 11) is 0. The SMILES string of the molecule is CCOCC(=O)NC1CCN(C(C)(C)C)CC1. The molecule has 100 valence electrons. The molecule has 4 nitrogen and oxygen atoms in total. The van der Waals surface area contributed by atoms with Crippen molar-refractivity contribution in [1.82, 2.24) is 10.2 Å². The lowest BCUT2D eigenvalue weighted by molar-refractivity contribution is -0.126. The third kappa shape index (κ3) is 5.04. The lowest BCUT2D eigenvalue weighted by Gasteiger charge is -2.41. The van der Waals surface area contributed by atoms with E-state index in [-0.39, 0.29) is 18.1 Å². The number of carbonyl (C=O) groups excluding carboxylic acids is 1. The van der Waals surface area contributed by atoms with Gasteiger partial charge in [-0.3, -0.25) is 9.69 Å². The maximum Gasteiger partial charge on any atom is 0.246 e. The van der Waals surface area contributed by atoms with Crippen molar-refractivity contribution in [3.8, 4) is 0 Å². The first kappa shape index (κ1) is 14.5. The highest BCUT2D eigenvalue weighted by atomic mass is 16.5. The smallest absolute Gasteiger partial charge is 0.246 e. The van der Waals surface area contributed by atoms with E-state index in [4.69, 9.17) is 4.74 Å². The molecule has 0 saturated carbocycles. The molecule has 1 amide bonds. The highest BCUT2D eigenvalue weighted by molar-refractivity contribution is 5.77. The van der Waals surface area contributed by atoms with Crippen LogP contribution in [0.3, 0.4) is 0 Å². The molecule has 0 bridgehead atoms. The quantitative estimate of drug-likeness (QED) is 0.810. The van der Waals surface area contributed by atoms with E-state index in [0.717, 1.165) is 25.9 Å². The third-order valence-electron chi connectivity index (χ3n) is 3.25. The molecule has 1 saturated heterocycles. The molecule has 1 rings (SSSR count).